The van der Waals surface area contributed by atoms with Crippen molar-refractivity contribution in [2.45, 2.75) is 0 Å². The first-order valence-electron chi connectivity index (χ1n) is 5.84. The molecule has 2 rings (SSSR count). The number of hydrogen-bond acceptors (Lipinski definition) is 5. The Kier molecular flexibility index (Phi) is 4.33. The maximum absolute atomic E-state index is 12.1. The third-order valence-corrected chi connectivity index (χ3v) is 2.41. The second-order valence-corrected chi connectivity index (χ2v) is 3.88. The molecule has 0 saturated heterocycles. The Morgan fingerprint density at radius 2 is 2.25 bits per heavy atom. The number of amides is 2. The molecule has 0 fully saturated rings. The maximum atomic E-state index is 12.1. The highest BCUT2D eigenvalue weighted by Gasteiger charge is 2.20. The number of nitrogens with zero attached hydrogens (tertiary/aromatic N) is 2. The number of rotatable bonds is 6. The number of nitrogens with one attached hydrogen (secondary N) is 1. The van der Waals surface area contributed by atoms with E-state index in [1.165, 1.54) is 35.6 Å². The lowest BCUT2D eigenvalue weighted by Gasteiger charge is -2.18. The van der Waals surface area contributed by atoms with Gasteiger partial charge in [-0.05, 0) is 12.1 Å². The van der Waals surface area contributed by atoms with Crippen molar-refractivity contribution in [3.8, 4) is 0 Å². The molecule has 0 aliphatic carbocycles. The third kappa shape index (κ3) is 3.35. The van der Waals surface area contributed by atoms with E-state index in [2.05, 4.69) is 21.6 Å². The predicted octanol–water partition coefficient (Wildman–Crippen LogP) is 1.53. The highest BCUT2D eigenvalue weighted by atomic mass is 16.5. The van der Waals surface area contributed by atoms with E-state index in [-0.39, 0.29) is 30.7 Å². The summed E-state index contributed by atoms with van der Waals surface area (Å²) in [5, 5.41) is 6.06. The summed E-state index contributed by atoms with van der Waals surface area (Å²) in [5.41, 5.74) is 0. The number of aromatic nitrogens is 1. The first kappa shape index (κ1) is 13.6. The summed E-state index contributed by atoms with van der Waals surface area (Å²) in [6.45, 7) is 3.65. The van der Waals surface area contributed by atoms with Gasteiger partial charge in [-0.1, -0.05) is 11.2 Å². The number of hydrogen-bond donors (Lipinski definition) is 1. The standard InChI is InChI=1S/C13H13N3O4/c1-2-6-16(13(18)10-4-3-7-19-10)9-12(17)14-11-5-8-20-15-11/h2-5,7-8H,1,6,9H2,(H,14,15,17). The number of anilines is 1. The Bertz CT molecular complexity index is 575. The van der Waals surface area contributed by atoms with Gasteiger partial charge in [-0.15, -0.1) is 6.58 Å². The molecule has 0 spiro atoms. The van der Waals surface area contributed by atoms with Crippen molar-refractivity contribution in [2.24, 2.45) is 0 Å². The highest BCUT2D eigenvalue weighted by Crippen LogP contribution is 2.07. The van der Waals surface area contributed by atoms with E-state index in [0.717, 1.165) is 0 Å². The highest BCUT2D eigenvalue weighted by molar-refractivity contribution is 5.97. The van der Waals surface area contributed by atoms with Crippen LogP contribution in [0.1, 0.15) is 10.6 Å². The molecule has 104 valence electrons. The Labute approximate surface area is 114 Å². The van der Waals surface area contributed by atoms with Gasteiger partial charge in [0.25, 0.3) is 5.91 Å². The largest absolute Gasteiger partial charge is 0.459 e. The Morgan fingerprint density at radius 1 is 1.40 bits per heavy atom. The van der Waals surface area contributed by atoms with Crippen molar-refractivity contribution in [2.75, 3.05) is 18.4 Å². The molecule has 2 aromatic heterocycles. The first-order chi connectivity index (χ1) is 9.70. The minimum atomic E-state index is -0.388. The first-order valence-corrected chi connectivity index (χ1v) is 5.84. The van der Waals surface area contributed by atoms with Crippen LogP contribution in [0.25, 0.3) is 0 Å². The minimum absolute atomic E-state index is 0.140. The molecule has 1 N–H and O–H groups in total. The Morgan fingerprint density at radius 3 is 2.85 bits per heavy atom. The molecule has 0 atom stereocenters. The van der Waals surface area contributed by atoms with E-state index in [0.29, 0.717) is 5.82 Å². The molecule has 0 aliphatic heterocycles. The van der Waals surface area contributed by atoms with Crippen LogP contribution in [0.2, 0.25) is 0 Å². The van der Waals surface area contributed by atoms with Crippen molar-refractivity contribution in [1.29, 1.82) is 0 Å². The predicted molar refractivity (Wildman–Crippen MR) is 69.9 cm³/mol. The second-order valence-electron chi connectivity index (χ2n) is 3.88. The molecule has 7 heteroatoms. The molecule has 0 unspecified atom stereocenters. The van der Waals surface area contributed by atoms with Gasteiger partial charge in [-0.25, -0.2) is 0 Å². The molecule has 7 nitrogen and oxygen atoms in total. The van der Waals surface area contributed by atoms with E-state index in [9.17, 15) is 9.59 Å². The van der Waals surface area contributed by atoms with Crippen molar-refractivity contribution in [3.05, 3.63) is 49.1 Å². The summed E-state index contributed by atoms with van der Waals surface area (Å²) in [4.78, 5) is 25.2. The van der Waals surface area contributed by atoms with E-state index in [4.69, 9.17) is 4.42 Å². The van der Waals surface area contributed by atoms with Gasteiger partial charge in [0.2, 0.25) is 5.91 Å². The van der Waals surface area contributed by atoms with Gasteiger partial charge in [-0.3, -0.25) is 9.59 Å². The van der Waals surface area contributed by atoms with Crippen LogP contribution in [-0.4, -0.2) is 35.0 Å². The van der Waals surface area contributed by atoms with Crippen LogP contribution < -0.4 is 5.32 Å². The molecule has 2 heterocycles. The van der Waals surface area contributed by atoms with Crippen LogP contribution in [0.3, 0.4) is 0 Å². The fourth-order valence-corrected chi connectivity index (χ4v) is 1.56. The van der Waals surface area contributed by atoms with Gasteiger partial charge in [0.15, 0.2) is 11.6 Å². The molecule has 0 radical (unpaired) electrons. The van der Waals surface area contributed by atoms with Crippen LogP contribution in [0.15, 0.2) is 52.3 Å². The smallest absolute Gasteiger partial charge is 0.290 e. The van der Waals surface area contributed by atoms with Gasteiger partial charge in [0.05, 0.1) is 6.26 Å². The molecule has 2 amide bonds. The van der Waals surface area contributed by atoms with Crippen LogP contribution in [-0.2, 0) is 4.79 Å². The van der Waals surface area contributed by atoms with E-state index < -0.39 is 0 Å². The Balaban J connectivity index is 2.00. The quantitative estimate of drug-likeness (QED) is 0.808. The number of carbonyl (C=O) groups is 2. The van der Waals surface area contributed by atoms with Crippen LogP contribution >= 0.6 is 0 Å². The summed E-state index contributed by atoms with van der Waals surface area (Å²) < 4.78 is 9.62. The third-order valence-electron chi connectivity index (χ3n) is 2.41. The molecule has 0 aliphatic rings. The van der Waals surface area contributed by atoms with Gasteiger partial charge < -0.3 is 19.2 Å². The number of carbonyl (C=O) groups excluding carboxylic acids is 2. The zero-order valence-corrected chi connectivity index (χ0v) is 10.6. The van der Waals surface area contributed by atoms with Gasteiger partial charge in [0.1, 0.15) is 12.8 Å². The van der Waals surface area contributed by atoms with E-state index in [1.54, 1.807) is 6.07 Å². The number of furan rings is 1. The molecule has 0 aromatic carbocycles. The van der Waals surface area contributed by atoms with Gasteiger partial charge in [0, 0.05) is 12.6 Å². The van der Waals surface area contributed by atoms with Gasteiger partial charge in [-0.2, -0.15) is 0 Å². The fraction of sp³-hybridized carbons (Fsp3) is 0.154. The average Bonchev–Trinajstić information content (AvgIpc) is 3.10. The summed E-state index contributed by atoms with van der Waals surface area (Å²) in [6.07, 6.45) is 4.27. The van der Waals surface area contributed by atoms with Crippen LogP contribution in [0.4, 0.5) is 5.82 Å². The van der Waals surface area contributed by atoms with E-state index >= 15 is 0 Å². The topological polar surface area (TPSA) is 88.6 Å². The van der Waals surface area contributed by atoms with Crippen LogP contribution in [0, 0.1) is 0 Å². The maximum Gasteiger partial charge on any atom is 0.290 e. The zero-order chi connectivity index (χ0) is 14.4. The van der Waals surface area contributed by atoms with E-state index in [1.807, 2.05) is 0 Å². The van der Waals surface area contributed by atoms with Crippen molar-refractivity contribution < 1.29 is 18.5 Å². The zero-order valence-electron chi connectivity index (χ0n) is 10.6. The second kappa shape index (κ2) is 6.37. The summed E-state index contributed by atoms with van der Waals surface area (Å²) in [5.74, 6) is -0.314. The summed E-state index contributed by atoms with van der Waals surface area (Å²) in [7, 11) is 0. The molecular weight excluding hydrogens is 262 g/mol. The Hall–Kier alpha value is -2.83. The lowest BCUT2D eigenvalue weighted by atomic mass is 10.3. The summed E-state index contributed by atoms with van der Waals surface area (Å²) in [6, 6.07) is 4.65. The average molecular weight is 275 g/mol. The van der Waals surface area contributed by atoms with Crippen molar-refractivity contribution >= 4 is 17.6 Å². The molecule has 0 bridgehead atoms. The lowest BCUT2D eigenvalue weighted by molar-refractivity contribution is -0.116. The molecular formula is C13H13N3O4. The molecule has 2 aromatic rings. The fourth-order valence-electron chi connectivity index (χ4n) is 1.56. The SMILES string of the molecule is C=CCN(CC(=O)Nc1ccon1)C(=O)c1ccco1. The normalized spacial score (nSPS) is 10.0. The van der Waals surface area contributed by atoms with Crippen molar-refractivity contribution in [3.63, 3.8) is 0 Å². The minimum Gasteiger partial charge on any atom is -0.459 e. The molecule has 0 saturated carbocycles. The monoisotopic (exact) mass is 275 g/mol. The molecule has 20 heavy (non-hydrogen) atoms. The lowest BCUT2D eigenvalue weighted by Crippen LogP contribution is -2.38. The summed E-state index contributed by atoms with van der Waals surface area (Å²) >= 11 is 0. The van der Waals surface area contributed by atoms with Gasteiger partial charge >= 0.3 is 0 Å². The van der Waals surface area contributed by atoms with Crippen LogP contribution in [0.5, 0.6) is 0 Å². The van der Waals surface area contributed by atoms with Crippen molar-refractivity contribution in [1.82, 2.24) is 10.1 Å².